The largest absolute Gasteiger partial charge is 0.393 e. The van der Waals surface area contributed by atoms with Crippen molar-refractivity contribution in [1.82, 2.24) is 0 Å². The Balaban J connectivity index is 2.19. The highest BCUT2D eigenvalue weighted by atomic mass is 16.4. The molecule has 0 aromatic heterocycles. The van der Waals surface area contributed by atoms with Gasteiger partial charge in [0, 0.05) is 11.8 Å². The van der Waals surface area contributed by atoms with Crippen LogP contribution in [-0.4, -0.2) is 55.5 Å². The zero-order valence-corrected chi connectivity index (χ0v) is 7.20. The quantitative estimate of drug-likeness (QED) is 0.313. The molecule has 2 fully saturated rings. The Morgan fingerprint density at radius 3 is 2.15 bits per heavy atom. The van der Waals surface area contributed by atoms with Gasteiger partial charge in [0.15, 0.2) is 0 Å². The SMILES string of the molecule is C[C@H](O)C1C(O)C2[C@H](O)C(O)C21O. The van der Waals surface area contributed by atoms with Crippen LogP contribution in [0.15, 0.2) is 0 Å². The van der Waals surface area contributed by atoms with Crippen molar-refractivity contribution in [3.8, 4) is 0 Å². The van der Waals surface area contributed by atoms with Crippen LogP contribution in [0.4, 0.5) is 0 Å². The van der Waals surface area contributed by atoms with Gasteiger partial charge in [-0.15, -0.1) is 0 Å². The molecule has 0 bridgehead atoms. The number of hydrogen-bond acceptors (Lipinski definition) is 5. The van der Waals surface area contributed by atoms with Crippen LogP contribution < -0.4 is 0 Å². The molecule has 2 aliphatic carbocycles. The topological polar surface area (TPSA) is 101 Å². The summed E-state index contributed by atoms with van der Waals surface area (Å²) in [6.07, 6.45) is -4.14. The smallest absolute Gasteiger partial charge is 0.110 e. The lowest BCUT2D eigenvalue weighted by atomic mass is 9.43. The second kappa shape index (κ2) is 2.43. The molecule has 2 rings (SSSR count). The number of fused-ring (bicyclic) bond motifs is 1. The highest BCUT2D eigenvalue weighted by molar-refractivity contribution is 5.26. The molecule has 0 spiro atoms. The molecule has 7 atom stereocenters. The van der Waals surface area contributed by atoms with Gasteiger partial charge in [-0.25, -0.2) is 0 Å². The van der Waals surface area contributed by atoms with E-state index in [1.54, 1.807) is 0 Å². The first kappa shape index (κ1) is 9.36. The van der Waals surface area contributed by atoms with E-state index in [2.05, 4.69) is 0 Å². The molecule has 0 aromatic carbocycles. The van der Waals surface area contributed by atoms with E-state index in [1.165, 1.54) is 6.92 Å². The Bertz CT molecular complexity index is 231. The van der Waals surface area contributed by atoms with E-state index in [0.717, 1.165) is 0 Å². The van der Waals surface area contributed by atoms with Gasteiger partial charge in [-0.1, -0.05) is 0 Å². The molecule has 13 heavy (non-hydrogen) atoms. The number of aliphatic hydroxyl groups is 5. The number of aliphatic hydroxyl groups excluding tert-OH is 4. The summed E-state index contributed by atoms with van der Waals surface area (Å²) in [6, 6.07) is 0. The molecule has 5 nitrogen and oxygen atoms in total. The third-order valence-electron chi connectivity index (χ3n) is 3.49. The molecule has 76 valence electrons. The lowest BCUT2D eigenvalue weighted by molar-refractivity contribution is -0.389. The summed E-state index contributed by atoms with van der Waals surface area (Å²) in [7, 11) is 0. The molecular formula is C8H14O5. The van der Waals surface area contributed by atoms with Crippen molar-refractivity contribution in [3.63, 3.8) is 0 Å². The zero-order chi connectivity index (χ0) is 9.96. The Hall–Kier alpha value is -0.200. The van der Waals surface area contributed by atoms with E-state index < -0.39 is 41.9 Å². The summed E-state index contributed by atoms with van der Waals surface area (Å²) in [5.74, 6) is -1.46. The monoisotopic (exact) mass is 190 g/mol. The van der Waals surface area contributed by atoms with Crippen molar-refractivity contribution in [3.05, 3.63) is 0 Å². The maximum Gasteiger partial charge on any atom is 0.110 e. The van der Waals surface area contributed by atoms with E-state index in [-0.39, 0.29) is 0 Å². The van der Waals surface area contributed by atoms with Crippen LogP contribution in [0, 0.1) is 11.8 Å². The molecule has 0 heterocycles. The predicted molar refractivity (Wildman–Crippen MR) is 41.6 cm³/mol. The standard InChI is InChI=1S/C8H14O5/c1-2(9)3-5(10)4-6(11)7(12)8(3,4)13/h2-7,9-13H,1H3/t2-,3?,4?,5?,6-,7?,8?/m0/s1. The molecule has 0 saturated heterocycles. The van der Waals surface area contributed by atoms with Crippen molar-refractivity contribution in [2.24, 2.45) is 11.8 Å². The molecule has 0 aliphatic heterocycles. The lowest BCUT2D eigenvalue weighted by Crippen LogP contribution is -2.87. The zero-order valence-electron chi connectivity index (χ0n) is 7.20. The fraction of sp³-hybridized carbons (Fsp3) is 1.00. The summed E-state index contributed by atoms with van der Waals surface area (Å²) in [4.78, 5) is 0. The van der Waals surface area contributed by atoms with Crippen molar-refractivity contribution in [2.75, 3.05) is 0 Å². The van der Waals surface area contributed by atoms with Crippen molar-refractivity contribution < 1.29 is 25.5 Å². The Morgan fingerprint density at radius 1 is 1.15 bits per heavy atom. The Morgan fingerprint density at radius 2 is 1.69 bits per heavy atom. The van der Waals surface area contributed by atoms with E-state index >= 15 is 0 Å². The van der Waals surface area contributed by atoms with E-state index in [4.69, 9.17) is 0 Å². The van der Waals surface area contributed by atoms with Crippen LogP contribution in [0.25, 0.3) is 0 Å². The first-order chi connectivity index (χ1) is 5.92. The van der Waals surface area contributed by atoms with Gasteiger partial charge in [-0.2, -0.15) is 0 Å². The summed E-state index contributed by atoms with van der Waals surface area (Å²) in [5.41, 5.74) is -1.49. The van der Waals surface area contributed by atoms with Crippen molar-refractivity contribution in [2.45, 2.75) is 36.9 Å². The molecule has 5 heteroatoms. The minimum atomic E-state index is -1.49. The highest BCUT2D eigenvalue weighted by Gasteiger charge is 2.77. The fourth-order valence-electron chi connectivity index (χ4n) is 2.77. The van der Waals surface area contributed by atoms with Crippen molar-refractivity contribution >= 4 is 0 Å². The maximum absolute atomic E-state index is 9.78. The first-order valence-corrected chi connectivity index (χ1v) is 4.37. The van der Waals surface area contributed by atoms with Crippen LogP contribution in [0.1, 0.15) is 6.92 Å². The van der Waals surface area contributed by atoms with Crippen LogP contribution in [0.2, 0.25) is 0 Å². The summed E-state index contributed by atoms with van der Waals surface area (Å²) >= 11 is 0. The maximum atomic E-state index is 9.78. The van der Waals surface area contributed by atoms with Gasteiger partial charge in [-0.05, 0) is 6.92 Å². The molecular weight excluding hydrogens is 176 g/mol. The summed E-state index contributed by atoms with van der Waals surface area (Å²) < 4.78 is 0. The van der Waals surface area contributed by atoms with Crippen LogP contribution in [0.5, 0.6) is 0 Å². The van der Waals surface area contributed by atoms with Gasteiger partial charge in [0.2, 0.25) is 0 Å². The van der Waals surface area contributed by atoms with Crippen LogP contribution in [-0.2, 0) is 0 Å². The van der Waals surface area contributed by atoms with Gasteiger partial charge >= 0.3 is 0 Å². The third-order valence-corrected chi connectivity index (χ3v) is 3.49. The highest BCUT2D eigenvalue weighted by Crippen LogP contribution is 2.58. The number of rotatable bonds is 1. The van der Waals surface area contributed by atoms with Crippen LogP contribution in [0.3, 0.4) is 0 Å². The second-order valence-electron chi connectivity index (χ2n) is 4.11. The summed E-state index contributed by atoms with van der Waals surface area (Å²) in [6.45, 7) is 1.44. The predicted octanol–water partition coefficient (Wildman–Crippen LogP) is -2.56. The second-order valence-corrected chi connectivity index (χ2v) is 4.11. The molecule has 2 aliphatic rings. The van der Waals surface area contributed by atoms with Gasteiger partial charge in [0.05, 0.1) is 18.3 Å². The average molecular weight is 190 g/mol. The summed E-state index contributed by atoms with van der Waals surface area (Å²) in [5, 5.41) is 46.9. The number of hydrogen-bond donors (Lipinski definition) is 5. The van der Waals surface area contributed by atoms with E-state index in [1.807, 2.05) is 0 Å². The molecule has 0 amide bonds. The van der Waals surface area contributed by atoms with Gasteiger partial charge in [-0.3, -0.25) is 0 Å². The third kappa shape index (κ3) is 0.793. The lowest BCUT2D eigenvalue weighted by Gasteiger charge is -2.68. The Labute approximate surface area is 75.3 Å². The first-order valence-electron chi connectivity index (χ1n) is 4.37. The van der Waals surface area contributed by atoms with Crippen LogP contribution >= 0.6 is 0 Å². The molecule has 5 N–H and O–H groups in total. The van der Waals surface area contributed by atoms with E-state index in [0.29, 0.717) is 0 Å². The Kier molecular flexibility index (Phi) is 1.75. The molecule has 0 aromatic rings. The molecule has 0 radical (unpaired) electrons. The van der Waals surface area contributed by atoms with Gasteiger partial charge in [0.1, 0.15) is 11.7 Å². The minimum Gasteiger partial charge on any atom is -0.393 e. The van der Waals surface area contributed by atoms with Crippen molar-refractivity contribution in [1.29, 1.82) is 0 Å². The minimum absolute atomic E-state index is 0.706. The molecule has 5 unspecified atom stereocenters. The van der Waals surface area contributed by atoms with Gasteiger partial charge in [0.25, 0.3) is 0 Å². The fourth-order valence-corrected chi connectivity index (χ4v) is 2.77. The average Bonchev–Trinajstić information content (AvgIpc) is 2.01. The molecule has 2 saturated carbocycles. The normalized spacial score (nSPS) is 61.8. The van der Waals surface area contributed by atoms with Gasteiger partial charge < -0.3 is 25.5 Å². The van der Waals surface area contributed by atoms with E-state index in [9.17, 15) is 25.5 Å².